The number of oxazole rings is 1. The summed E-state index contributed by atoms with van der Waals surface area (Å²) in [5.41, 5.74) is 6.98. The van der Waals surface area contributed by atoms with Gasteiger partial charge in [0.1, 0.15) is 5.52 Å². The van der Waals surface area contributed by atoms with E-state index in [9.17, 15) is 4.79 Å². The van der Waals surface area contributed by atoms with Gasteiger partial charge in [-0.3, -0.25) is 4.79 Å². The van der Waals surface area contributed by atoms with Gasteiger partial charge in [0.25, 0.3) is 5.91 Å². The van der Waals surface area contributed by atoms with Crippen molar-refractivity contribution in [1.82, 2.24) is 4.98 Å². The lowest BCUT2D eigenvalue weighted by molar-refractivity contribution is 0.102. The fourth-order valence-electron chi connectivity index (χ4n) is 3.25. The van der Waals surface area contributed by atoms with Gasteiger partial charge in [-0.15, -0.1) is 0 Å². The molecule has 1 heterocycles. The van der Waals surface area contributed by atoms with Crippen LogP contribution in [0.1, 0.15) is 27.0 Å². The van der Waals surface area contributed by atoms with Crippen molar-refractivity contribution >= 4 is 22.7 Å². The summed E-state index contributed by atoms with van der Waals surface area (Å²) < 4.78 is 5.90. The molecule has 1 amide bonds. The first kappa shape index (κ1) is 17.0. The molecule has 4 nitrogen and oxygen atoms in total. The zero-order valence-electron chi connectivity index (χ0n) is 15.5. The highest BCUT2D eigenvalue weighted by atomic mass is 16.3. The van der Waals surface area contributed by atoms with Gasteiger partial charge in [0, 0.05) is 16.8 Å². The number of nitrogens with zero attached hydrogens (tertiary/aromatic N) is 1. The number of nitrogens with one attached hydrogen (secondary N) is 1. The molecule has 1 aromatic heterocycles. The summed E-state index contributed by atoms with van der Waals surface area (Å²) in [7, 11) is 0. The van der Waals surface area contributed by atoms with Crippen molar-refractivity contribution in [2.24, 2.45) is 0 Å². The van der Waals surface area contributed by atoms with Crippen molar-refractivity contribution in [2.45, 2.75) is 20.8 Å². The van der Waals surface area contributed by atoms with E-state index in [-0.39, 0.29) is 5.91 Å². The van der Waals surface area contributed by atoms with Crippen LogP contribution in [0.2, 0.25) is 0 Å². The van der Waals surface area contributed by atoms with E-state index in [1.165, 1.54) is 11.1 Å². The molecular weight excluding hydrogens is 336 g/mol. The molecule has 3 aromatic carbocycles. The Hall–Kier alpha value is -3.40. The number of benzene rings is 3. The van der Waals surface area contributed by atoms with E-state index in [1.54, 1.807) is 0 Å². The van der Waals surface area contributed by atoms with Gasteiger partial charge in [-0.2, -0.15) is 0 Å². The van der Waals surface area contributed by atoms with Gasteiger partial charge in [-0.25, -0.2) is 4.98 Å². The van der Waals surface area contributed by atoms with E-state index in [0.29, 0.717) is 28.2 Å². The monoisotopic (exact) mass is 356 g/mol. The second-order valence-corrected chi connectivity index (χ2v) is 6.85. The molecule has 0 aliphatic carbocycles. The maximum Gasteiger partial charge on any atom is 0.255 e. The molecule has 1 N–H and O–H groups in total. The highest BCUT2D eigenvalue weighted by molar-refractivity contribution is 6.05. The van der Waals surface area contributed by atoms with Gasteiger partial charge < -0.3 is 9.73 Å². The summed E-state index contributed by atoms with van der Waals surface area (Å²) in [5, 5.41) is 2.94. The summed E-state index contributed by atoms with van der Waals surface area (Å²) in [5.74, 6) is 0.449. The first-order valence-corrected chi connectivity index (χ1v) is 8.86. The second-order valence-electron chi connectivity index (χ2n) is 6.85. The van der Waals surface area contributed by atoms with Crippen molar-refractivity contribution in [3.8, 4) is 11.5 Å². The Kier molecular flexibility index (Phi) is 4.24. The van der Waals surface area contributed by atoms with Gasteiger partial charge in [-0.05, 0) is 62.7 Å². The summed E-state index contributed by atoms with van der Waals surface area (Å²) in [6, 6.07) is 19.2. The van der Waals surface area contributed by atoms with Crippen LogP contribution in [-0.4, -0.2) is 10.9 Å². The molecule has 0 fully saturated rings. The molecule has 134 valence electrons. The third-order valence-electron chi connectivity index (χ3n) is 4.50. The van der Waals surface area contributed by atoms with E-state index in [0.717, 1.165) is 11.1 Å². The van der Waals surface area contributed by atoms with Gasteiger partial charge >= 0.3 is 0 Å². The van der Waals surface area contributed by atoms with E-state index >= 15 is 0 Å². The second kappa shape index (κ2) is 6.72. The van der Waals surface area contributed by atoms with Crippen LogP contribution in [0, 0.1) is 20.8 Å². The number of hydrogen-bond acceptors (Lipinski definition) is 3. The third-order valence-corrected chi connectivity index (χ3v) is 4.50. The number of rotatable bonds is 3. The first-order valence-electron chi connectivity index (χ1n) is 8.86. The number of aromatic nitrogens is 1. The Bertz CT molecular complexity index is 1140. The smallest absolute Gasteiger partial charge is 0.255 e. The predicted octanol–water partition coefficient (Wildman–Crippen LogP) is 5.67. The number of carbonyl (C=O) groups is 1. The van der Waals surface area contributed by atoms with Crippen LogP contribution < -0.4 is 5.32 Å². The number of aryl methyl sites for hydroxylation is 3. The number of carbonyl (C=O) groups excluding carboxylic acids is 1. The zero-order chi connectivity index (χ0) is 19.0. The number of hydrogen-bond donors (Lipinski definition) is 1. The van der Waals surface area contributed by atoms with E-state index in [1.807, 2.05) is 49.4 Å². The number of amides is 1. The van der Waals surface area contributed by atoms with Crippen LogP contribution in [0.5, 0.6) is 0 Å². The Morgan fingerprint density at radius 2 is 1.67 bits per heavy atom. The van der Waals surface area contributed by atoms with Crippen LogP contribution in [0.25, 0.3) is 22.6 Å². The quantitative estimate of drug-likeness (QED) is 0.514. The molecule has 0 aliphatic heterocycles. The van der Waals surface area contributed by atoms with E-state index in [4.69, 9.17) is 4.42 Å². The minimum Gasteiger partial charge on any atom is -0.436 e. The van der Waals surface area contributed by atoms with E-state index < -0.39 is 0 Å². The van der Waals surface area contributed by atoms with Crippen molar-refractivity contribution in [3.05, 3.63) is 82.9 Å². The predicted molar refractivity (Wildman–Crippen MR) is 108 cm³/mol. The van der Waals surface area contributed by atoms with Crippen LogP contribution in [0.4, 0.5) is 5.69 Å². The van der Waals surface area contributed by atoms with Gasteiger partial charge in [-0.1, -0.05) is 35.4 Å². The van der Waals surface area contributed by atoms with Crippen molar-refractivity contribution in [3.63, 3.8) is 0 Å². The van der Waals surface area contributed by atoms with Crippen molar-refractivity contribution in [2.75, 3.05) is 5.32 Å². The first-order chi connectivity index (χ1) is 13.0. The SMILES string of the molecule is Cc1cc(C)cc(-c2nc3cc(NC(=O)c4ccccc4C)ccc3o2)c1. The number of anilines is 1. The summed E-state index contributed by atoms with van der Waals surface area (Å²) in [4.78, 5) is 17.1. The molecular formula is C23H20N2O2. The highest BCUT2D eigenvalue weighted by Gasteiger charge is 2.12. The Morgan fingerprint density at radius 3 is 2.41 bits per heavy atom. The van der Waals surface area contributed by atoms with Gasteiger partial charge in [0.2, 0.25) is 5.89 Å². The maximum absolute atomic E-state index is 12.5. The molecule has 27 heavy (non-hydrogen) atoms. The molecule has 0 saturated heterocycles. The molecule has 0 saturated carbocycles. The lowest BCUT2D eigenvalue weighted by Crippen LogP contribution is -2.13. The lowest BCUT2D eigenvalue weighted by Gasteiger charge is -2.07. The average Bonchev–Trinajstić information content (AvgIpc) is 3.04. The third kappa shape index (κ3) is 3.47. The molecule has 4 heteroatoms. The molecule has 0 atom stereocenters. The van der Waals surface area contributed by atoms with Gasteiger partial charge in [0.15, 0.2) is 5.58 Å². The summed E-state index contributed by atoms with van der Waals surface area (Å²) in [6.07, 6.45) is 0. The van der Waals surface area contributed by atoms with Crippen LogP contribution in [0.15, 0.2) is 65.1 Å². The Labute approximate surface area is 157 Å². The molecule has 0 unspecified atom stereocenters. The van der Waals surface area contributed by atoms with Crippen LogP contribution >= 0.6 is 0 Å². The molecule has 0 radical (unpaired) electrons. The molecule has 0 spiro atoms. The number of fused-ring (bicyclic) bond motifs is 1. The van der Waals surface area contributed by atoms with Crippen molar-refractivity contribution in [1.29, 1.82) is 0 Å². The fourth-order valence-corrected chi connectivity index (χ4v) is 3.25. The molecule has 0 aliphatic rings. The topological polar surface area (TPSA) is 55.1 Å². The molecule has 4 rings (SSSR count). The largest absolute Gasteiger partial charge is 0.436 e. The Balaban J connectivity index is 1.65. The zero-order valence-corrected chi connectivity index (χ0v) is 15.5. The lowest BCUT2D eigenvalue weighted by atomic mass is 10.1. The Morgan fingerprint density at radius 1 is 0.926 bits per heavy atom. The minimum atomic E-state index is -0.134. The standard InChI is InChI=1S/C23H20N2O2/c1-14-10-15(2)12-17(11-14)23-25-20-13-18(8-9-21(20)27-23)24-22(26)19-7-5-4-6-16(19)3/h4-13H,1-3H3,(H,24,26). The van der Waals surface area contributed by atoms with Crippen molar-refractivity contribution < 1.29 is 9.21 Å². The van der Waals surface area contributed by atoms with Crippen LogP contribution in [-0.2, 0) is 0 Å². The average molecular weight is 356 g/mol. The summed E-state index contributed by atoms with van der Waals surface area (Å²) >= 11 is 0. The highest BCUT2D eigenvalue weighted by Crippen LogP contribution is 2.27. The normalized spacial score (nSPS) is 10.9. The maximum atomic E-state index is 12.5. The minimum absolute atomic E-state index is 0.134. The van der Waals surface area contributed by atoms with Crippen LogP contribution in [0.3, 0.4) is 0 Å². The fraction of sp³-hybridized carbons (Fsp3) is 0.130. The van der Waals surface area contributed by atoms with Gasteiger partial charge in [0.05, 0.1) is 0 Å². The van der Waals surface area contributed by atoms with E-state index in [2.05, 4.69) is 42.3 Å². The summed E-state index contributed by atoms with van der Waals surface area (Å²) in [6.45, 7) is 6.03. The molecule has 0 bridgehead atoms. The molecule has 4 aromatic rings.